The van der Waals surface area contributed by atoms with E-state index in [4.69, 9.17) is 19.5 Å². The van der Waals surface area contributed by atoms with Crippen LogP contribution in [0, 0.1) is 17.8 Å². The molecule has 1 saturated carbocycles. The van der Waals surface area contributed by atoms with Crippen molar-refractivity contribution in [3.8, 4) is 5.75 Å². The van der Waals surface area contributed by atoms with Crippen LogP contribution in [-0.2, 0) is 9.53 Å². The highest BCUT2D eigenvalue weighted by molar-refractivity contribution is 6.00. The zero-order chi connectivity index (χ0) is 32.2. The average Bonchev–Trinajstić information content (AvgIpc) is 3.50. The quantitative estimate of drug-likeness (QED) is 0.175. The normalized spacial score (nSPS) is 27.1. The van der Waals surface area contributed by atoms with Gasteiger partial charge in [0.05, 0.1) is 24.8 Å². The molecule has 5 atom stereocenters. The topological polar surface area (TPSA) is 83.7 Å². The van der Waals surface area contributed by atoms with Crippen LogP contribution in [0.15, 0.2) is 106 Å². The van der Waals surface area contributed by atoms with E-state index in [0.717, 1.165) is 53.9 Å². The monoisotopic (exact) mass is 617 g/mol. The maximum atomic E-state index is 13.1. The first-order chi connectivity index (χ1) is 21.6. The summed E-state index contributed by atoms with van der Waals surface area (Å²) in [5.74, 6) is 0.808. The lowest BCUT2D eigenvalue weighted by atomic mass is 9.85. The maximum absolute atomic E-state index is 13.1. The molecular weight excluding hydrogens is 576 g/mol. The van der Waals surface area contributed by atoms with Gasteiger partial charge in [-0.25, -0.2) is 4.99 Å². The van der Waals surface area contributed by atoms with Crippen LogP contribution < -0.4 is 4.74 Å². The van der Waals surface area contributed by atoms with E-state index in [2.05, 4.69) is 18.1 Å². The first kappa shape index (κ1) is 32.3. The van der Waals surface area contributed by atoms with Gasteiger partial charge in [-0.05, 0) is 79.4 Å². The number of methoxy groups -OCH3 is 1. The van der Waals surface area contributed by atoms with Crippen molar-refractivity contribution in [3.63, 3.8) is 0 Å². The maximum Gasteiger partial charge on any atom is 0.387 e. The van der Waals surface area contributed by atoms with Crippen LogP contribution in [0.4, 0.5) is 8.78 Å². The third kappa shape index (κ3) is 6.78. The minimum atomic E-state index is -2.94. The van der Waals surface area contributed by atoms with Crippen LogP contribution in [0.3, 0.4) is 0 Å². The summed E-state index contributed by atoms with van der Waals surface area (Å²) in [6.45, 7) is 10.9. The van der Waals surface area contributed by atoms with E-state index in [1.165, 1.54) is 13.2 Å². The van der Waals surface area contributed by atoms with Gasteiger partial charge >= 0.3 is 12.6 Å². The fraction of sp³-hybridized carbons (Fsp3) is 0.417. The van der Waals surface area contributed by atoms with Gasteiger partial charge in [-0.2, -0.15) is 8.78 Å². The van der Waals surface area contributed by atoms with E-state index in [1.54, 1.807) is 18.2 Å². The number of aliphatic hydroxyl groups excluding tert-OH is 1. The molecule has 2 bridgehead atoms. The smallest absolute Gasteiger partial charge is 0.387 e. The van der Waals surface area contributed by atoms with E-state index < -0.39 is 12.7 Å². The molecule has 2 heterocycles. The predicted molar refractivity (Wildman–Crippen MR) is 172 cm³/mol. The number of fused-ring (bicyclic) bond motifs is 2. The number of carbonyl (C=O) groups excluding carboxylic acids is 1. The van der Waals surface area contributed by atoms with E-state index in [1.807, 2.05) is 44.4 Å². The van der Waals surface area contributed by atoms with Crippen LogP contribution in [0.5, 0.6) is 5.75 Å². The lowest BCUT2D eigenvalue weighted by Gasteiger charge is -2.37. The second-order valence-electron chi connectivity index (χ2n) is 12.0. The molecule has 5 rings (SSSR count). The molecule has 45 heavy (non-hydrogen) atoms. The summed E-state index contributed by atoms with van der Waals surface area (Å²) in [7, 11) is 1.46. The SMILES string of the molecule is C=C1CC(\C=C/C(=C\C)C(/C=NC(=C)N2C[C@H]3CC[C@@H](C2)C3C(=O)OC)=C\C)=NC2=C1[C@H](c1ccccc1OC(F)F)C[C@@H]2O. The van der Waals surface area contributed by atoms with Crippen LogP contribution in [0.1, 0.15) is 51.0 Å². The fourth-order valence-electron chi connectivity index (χ4n) is 7.27. The number of likely N-dealkylation sites (tertiary alicyclic amines) is 1. The second kappa shape index (κ2) is 13.9. The van der Waals surface area contributed by atoms with Crippen molar-refractivity contribution in [1.29, 1.82) is 0 Å². The molecule has 2 aliphatic carbocycles. The Labute approximate surface area is 263 Å². The van der Waals surface area contributed by atoms with E-state index in [-0.39, 0.29) is 35.4 Å². The number of halogens is 2. The fourth-order valence-corrected chi connectivity index (χ4v) is 7.27. The molecule has 1 aromatic rings. The summed E-state index contributed by atoms with van der Waals surface area (Å²) in [6.07, 6.45) is 11.6. The molecule has 2 fully saturated rings. The largest absolute Gasteiger partial charge is 0.469 e. The predicted octanol–water partition coefficient (Wildman–Crippen LogP) is 6.91. The number of aliphatic hydroxyl groups is 1. The van der Waals surface area contributed by atoms with Gasteiger partial charge < -0.3 is 19.5 Å². The summed E-state index contributed by atoms with van der Waals surface area (Å²) < 4.78 is 36.0. The highest BCUT2D eigenvalue weighted by Crippen LogP contribution is 2.48. The Morgan fingerprint density at radius 2 is 1.84 bits per heavy atom. The Bertz CT molecular complexity index is 1520. The van der Waals surface area contributed by atoms with Crippen molar-refractivity contribution in [2.75, 3.05) is 20.2 Å². The Morgan fingerprint density at radius 3 is 2.49 bits per heavy atom. The molecule has 9 heteroatoms. The van der Waals surface area contributed by atoms with Crippen LogP contribution in [0.25, 0.3) is 0 Å². The molecule has 0 radical (unpaired) electrons. The average molecular weight is 618 g/mol. The molecule has 238 valence electrons. The zero-order valence-corrected chi connectivity index (χ0v) is 26.1. The number of piperidine rings is 1. The third-order valence-corrected chi connectivity index (χ3v) is 9.38. The number of nitrogens with zero attached hydrogens (tertiary/aromatic N) is 3. The summed E-state index contributed by atoms with van der Waals surface area (Å²) in [5.41, 5.74) is 5.30. The molecular formula is C36H41F2N3O4. The standard InChI is InChI=1S/C36H41F2N3O4/c1-6-23(24(7-2)18-39-22(4)41-19-25-12-13-26(20-41)33(25)35(43)44-5)14-15-27-16-21(3)32-29(17-30(42)34(32)40-27)28-10-8-9-11-31(28)45-36(37)38/h6-11,14-15,18,25-26,29-30,33,36,42H,3-4,12-13,16-17,19-20H2,1-2,5H3/b15-14-,23-6+,24-7-,39-18?/t25-,26+,29-,30-,33?/m0/s1. The Balaban J connectivity index is 1.29. The molecule has 1 saturated heterocycles. The highest BCUT2D eigenvalue weighted by atomic mass is 19.3. The van der Waals surface area contributed by atoms with Gasteiger partial charge in [-0.15, -0.1) is 0 Å². The minimum Gasteiger partial charge on any atom is -0.469 e. The number of rotatable bonds is 10. The number of ether oxygens (including phenoxy) is 2. The molecule has 0 spiro atoms. The lowest BCUT2D eigenvalue weighted by Crippen LogP contribution is -2.44. The van der Waals surface area contributed by atoms with E-state index >= 15 is 0 Å². The van der Waals surface area contributed by atoms with Crippen molar-refractivity contribution in [2.45, 2.75) is 58.2 Å². The Morgan fingerprint density at radius 1 is 1.16 bits per heavy atom. The van der Waals surface area contributed by atoms with Gasteiger partial charge in [0.1, 0.15) is 11.6 Å². The molecule has 7 nitrogen and oxygen atoms in total. The summed E-state index contributed by atoms with van der Waals surface area (Å²) in [5, 5.41) is 10.9. The van der Waals surface area contributed by atoms with Crippen LogP contribution in [0.2, 0.25) is 0 Å². The van der Waals surface area contributed by atoms with Gasteiger partial charge in [0, 0.05) is 42.9 Å². The molecule has 4 aliphatic rings. The van der Waals surface area contributed by atoms with Crippen molar-refractivity contribution in [1.82, 2.24) is 4.90 Å². The molecule has 2 aliphatic heterocycles. The summed E-state index contributed by atoms with van der Waals surface area (Å²) in [6, 6.07) is 6.69. The van der Waals surface area contributed by atoms with Gasteiger partial charge in [-0.1, -0.05) is 49.6 Å². The van der Waals surface area contributed by atoms with Gasteiger partial charge in [-0.3, -0.25) is 9.79 Å². The number of aliphatic imine (C=N–C) groups is 2. The number of benzene rings is 1. The van der Waals surface area contributed by atoms with Gasteiger partial charge in [0.2, 0.25) is 0 Å². The Kier molecular flexibility index (Phi) is 9.97. The zero-order valence-electron chi connectivity index (χ0n) is 26.1. The van der Waals surface area contributed by atoms with Gasteiger partial charge in [0.25, 0.3) is 0 Å². The number of allylic oxidation sites excluding steroid dienone is 8. The molecule has 0 amide bonds. The second-order valence-corrected chi connectivity index (χ2v) is 12.0. The number of hydrogen-bond acceptors (Lipinski definition) is 7. The number of carbonyl (C=O) groups is 1. The lowest BCUT2D eigenvalue weighted by molar-refractivity contribution is -0.150. The van der Waals surface area contributed by atoms with Gasteiger partial charge in [0.15, 0.2) is 0 Å². The number of esters is 1. The van der Waals surface area contributed by atoms with Crippen LogP contribution in [-0.4, -0.2) is 60.8 Å². The number of para-hydroxylation sites is 1. The van der Waals surface area contributed by atoms with Crippen molar-refractivity contribution < 1.29 is 28.2 Å². The molecule has 0 aromatic heterocycles. The number of hydrogen-bond donors (Lipinski definition) is 1. The summed E-state index contributed by atoms with van der Waals surface area (Å²) in [4.78, 5) is 23.9. The van der Waals surface area contributed by atoms with Crippen molar-refractivity contribution in [3.05, 3.63) is 101 Å². The minimum absolute atomic E-state index is 0.0361. The van der Waals surface area contributed by atoms with Crippen LogP contribution >= 0.6 is 0 Å². The van der Waals surface area contributed by atoms with E-state index in [9.17, 15) is 18.7 Å². The first-order valence-corrected chi connectivity index (χ1v) is 15.4. The third-order valence-electron chi connectivity index (χ3n) is 9.38. The Hall–Kier alpha value is -4.11. The molecule has 1 unspecified atom stereocenters. The van der Waals surface area contributed by atoms with E-state index in [0.29, 0.717) is 29.9 Å². The van der Waals surface area contributed by atoms with Crippen molar-refractivity contribution in [2.24, 2.45) is 27.7 Å². The molecule has 1 aromatic carbocycles. The first-order valence-electron chi connectivity index (χ1n) is 15.4. The molecule has 1 N–H and O–H groups in total. The summed E-state index contributed by atoms with van der Waals surface area (Å²) >= 11 is 0. The number of alkyl halides is 2. The highest BCUT2D eigenvalue weighted by Gasteiger charge is 2.46. The van der Waals surface area contributed by atoms with Crippen molar-refractivity contribution >= 4 is 17.9 Å².